The van der Waals surface area contributed by atoms with Crippen LogP contribution in [0.4, 0.5) is 0 Å². The standard InChI is InChI=1S/C6H16O2Si.C4H10N2/c1-5-7-9(3,4)8-6-2;1-2-6-4-3-5-1/h5-6H2,1-4H3;5-6H,1-4H2. The van der Waals surface area contributed by atoms with Gasteiger partial charge in [0.2, 0.25) is 0 Å². The molecule has 0 unspecified atom stereocenters. The Hall–Kier alpha value is 0.0569. The normalized spacial score (nSPS) is 16.8. The minimum Gasteiger partial charge on any atom is -0.395 e. The van der Waals surface area contributed by atoms with Gasteiger partial charge in [-0.2, -0.15) is 0 Å². The molecule has 0 bridgehead atoms. The molecule has 92 valence electrons. The first kappa shape index (κ1) is 15.1. The Bertz CT molecular complexity index is 122. The molecule has 0 radical (unpaired) electrons. The van der Waals surface area contributed by atoms with Crippen LogP contribution in [0, 0.1) is 0 Å². The molecule has 15 heavy (non-hydrogen) atoms. The second-order valence-corrected chi connectivity index (χ2v) is 7.14. The van der Waals surface area contributed by atoms with Gasteiger partial charge in [0, 0.05) is 39.4 Å². The van der Waals surface area contributed by atoms with E-state index in [1.165, 1.54) is 0 Å². The molecule has 1 aliphatic rings. The van der Waals surface area contributed by atoms with Crippen LogP contribution in [-0.4, -0.2) is 48.0 Å². The summed E-state index contributed by atoms with van der Waals surface area (Å²) in [5.74, 6) is 0. The molecule has 0 aromatic rings. The van der Waals surface area contributed by atoms with Crippen LogP contribution in [-0.2, 0) is 8.85 Å². The zero-order valence-electron chi connectivity index (χ0n) is 10.6. The molecule has 0 aromatic heterocycles. The highest BCUT2D eigenvalue weighted by molar-refractivity contribution is 6.64. The summed E-state index contributed by atoms with van der Waals surface area (Å²) in [6, 6.07) is 0. The summed E-state index contributed by atoms with van der Waals surface area (Å²) in [4.78, 5) is 0. The van der Waals surface area contributed by atoms with E-state index >= 15 is 0 Å². The van der Waals surface area contributed by atoms with Crippen molar-refractivity contribution in [3.8, 4) is 0 Å². The molecule has 2 N–H and O–H groups in total. The van der Waals surface area contributed by atoms with Gasteiger partial charge in [-0.15, -0.1) is 0 Å². The van der Waals surface area contributed by atoms with Gasteiger partial charge in [0.05, 0.1) is 0 Å². The minimum absolute atomic E-state index is 0.763. The fourth-order valence-electron chi connectivity index (χ4n) is 1.34. The third kappa shape index (κ3) is 10.3. The van der Waals surface area contributed by atoms with Crippen LogP contribution >= 0.6 is 0 Å². The van der Waals surface area contributed by atoms with Crippen LogP contribution in [0.3, 0.4) is 0 Å². The van der Waals surface area contributed by atoms with E-state index in [-0.39, 0.29) is 0 Å². The lowest BCUT2D eigenvalue weighted by Gasteiger charge is -2.20. The van der Waals surface area contributed by atoms with E-state index in [0.717, 1.165) is 39.4 Å². The van der Waals surface area contributed by atoms with Crippen molar-refractivity contribution in [2.24, 2.45) is 0 Å². The Labute approximate surface area is 95.0 Å². The average Bonchev–Trinajstić information content (AvgIpc) is 2.21. The van der Waals surface area contributed by atoms with E-state index < -0.39 is 8.56 Å². The second kappa shape index (κ2) is 9.29. The molecule has 0 aromatic carbocycles. The quantitative estimate of drug-likeness (QED) is 0.711. The molecule has 0 amide bonds. The predicted octanol–water partition coefficient (Wildman–Crippen LogP) is 0.940. The largest absolute Gasteiger partial charge is 0.395 e. The molecule has 1 aliphatic heterocycles. The Kier molecular flexibility index (Phi) is 9.33. The Morgan fingerprint density at radius 1 is 0.867 bits per heavy atom. The lowest BCUT2D eigenvalue weighted by Crippen LogP contribution is -2.39. The molecule has 0 atom stereocenters. The van der Waals surface area contributed by atoms with E-state index in [2.05, 4.69) is 23.7 Å². The van der Waals surface area contributed by atoms with Crippen LogP contribution in [0.5, 0.6) is 0 Å². The summed E-state index contributed by atoms with van der Waals surface area (Å²) in [6.07, 6.45) is 0. The zero-order valence-corrected chi connectivity index (χ0v) is 11.6. The van der Waals surface area contributed by atoms with Gasteiger partial charge in [-0.25, -0.2) is 0 Å². The van der Waals surface area contributed by atoms with Gasteiger partial charge in [0.1, 0.15) is 0 Å². The SMILES string of the molecule is C1CNCCN1.CCO[Si](C)(C)OCC. The van der Waals surface area contributed by atoms with Gasteiger partial charge in [-0.05, 0) is 26.9 Å². The molecular formula is C10H26N2O2Si. The summed E-state index contributed by atoms with van der Waals surface area (Å²) in [7, 11) is -1.70. The lowest BCUT2D eigenvalue weighted by molar-refractivity contribution is 0.196. The maximum Gasteiger partial charge on any atom is 0.331 e. The van der Waals surface area contributed by atoms with Crippen LogP contribution in [0.25, 0.3) is 0 Å². The molecule has 4 nitrogen and oxygen atoms in total. The Balaban J connectivity index is 0.000000280. The first-order chi connectivity index (χ1) is 7.12. The molecule has 1 rings (SSSR count). The van der Waals surface area contributed by atoms with E-state index in [1.807, 2.05) is 13.8 Å². The molecule has 0 saturated carbocycles. The van der Waals surface area contributed by atoms with Crippen molar-refractivity contribution >= 4 is 8.56 Å². The molecular weight excluding hydrogens is 208 g/mol. The van der Waals surface area contributed by atoms with Gasteiger partial charge in [0.25, 0.3) is 0 Å². The number of rotatable bonds is 4. The van der Waals surface area contributed by atoms with E-state index in [0.29, 0.717) is 0 Å². The van der Waals surface area contributed by atoms with Gasteiger partial charge >= 0.3 is 8.56 Å². The number of hydrogen-bond donors (Lipinski definition) is 2. The van der Waals surface area contributed by atoms with Crippen molar-refractivity contribution in [1.82, 2.24) is 10.6 Å². The first-order valence-electron chi connectivity index (χ1n) is 5.81. The maximum absolute atomic E-state index is 5.39. The Morgan fingerprint density at radius 2 is 1.20 bits per heavy atom. The predicted molar refractivity (Wildman–Crippen MR) is 66.5 cm³/mol. The van der Waals surface area contributed by atoms with Crippen LogP contribution in [0.2, 0.25) is 13.1 Å². The average molecular weight is 234 g/mol. The lowest BCUT2D eigenvalue weighted by atomic mass is 10.4. The highest BCUT2D eigenvalue weighted by Crippen LogP contribution is 2.04. The highest BCUT2D eigenvalue weighted by Gasteiger charge is 2.22. The van der Waals surface area contributed by atoms with Crippen molar-refractivity contribution in [2.45, 2.75) is 26.9 Å². The summed E-state index contributed by atoms with van der Waals surface area (Å²) in [6.45, 7) is 14.2. The Morgan fingerprint density at radius 3 is 1.40 bits per heavy atom. The van der Waals surface area contributed by atoms with Crippen molar-refractivity contribution in [2.75, 3.05) is 39.4 Å². The molecule has 1 fully saturated rings. The third-order valence-electron chi connectivity index (χ3n) is 1.94. The monoisotopic (exact) mass is 234 g/mol. The fraction of sp³-hybridized carbons (Fsp3) is 1.00. The van der Waals surface area contributed by atoms with Gasteiger partial charge < -0.3 is 19.5 Å². The van der Waals surface area contributed by atoms with Crippen molar-refractivity contribution in [3.63, 3.8) is 0 Å². The van der Waals surface area contributed by atoms with Crippen molar-refractivity contribution in [1.29, 1.82) is 0 Å². The van der Waals surface area contributed by atoms with Gasteiger partial charge in [-0.1, -0.05) is 0 Å². The van der Waals surface area contributed by atoms with E-state index in [9.17, 15) is 0 Å². The van der Waals surface area contributed by atoms with E-state index in [1.54, 1.807) is 0 Å². The molecule has 5 heteroatoms. The minimum atomic E-state index is -1.70. The number of piperazine rings is 1. The van der Waals surface area contributed by atoms with Gasteiger partial charge in [0.15, 0.2) is 0 Å². The van der Waals surface area contributed by atoms with Crippen molar-refractivity contribution in [3.05, 3.63) is 0 Å². The fourth-order valence-corrected chi connectivity index (χ4v) is 2.81. The van der Waals surface area contributed by atoms with Crippen LogP contribution in [0.1, 0.15) is 13.8 Å². The zero-order chi connectivity index (χ0) is 11.6. The van der Waals surface area contributed by atoms with Crippen LogP contribution in [0.15, 0.2) is 0 Å². The summed E-state index contributed by atoms with van der Waals surface area (Å²) in [5.41, 5.74) is 0. The highest BCUT2D eigenvalue weighted by atomic mass is 28.4. The molecule has 0 aliphatic carbocycles. The van der Waals surface area contributed by atoms with Gasteiger partial charge in [-0.3, -0.25) is 0 Å². The molecule has 0 spiro atoms. The second-order valence-electron chi connectivity index (χ2n) is 3.77. The third-order valence-corrected chi connectivity index (χ3v) is 3.91. The summed E-state index contributed by atoms with van der Waals surface area (Å²) in [5, 5.41) is 6.44. The van der Waals surface area contributed by atoms with Crippen LogP contribution < -0.4 is 10.6 Å². The van der Waals surface area contributed by atoms with E-state index in [4.69, 9.17) is 8.85 Å². The smallest absolute Gasteiger partial charge is 0.331 e. The number of hydrogen-bond acceptors (Lipinski definition) is 4. The number of nitrogens with one attached hydrogen (secondary N) is 2. The first-order valence-corrected chi connectivity index (χ1v) is 8.63. The molecule has 1 heterocycles. The molecule has 1 saturated heterocycles. The topological polar surface area (TPSA) is 42.5 Å². The maximum atomic E-state index is 5.39. The van der Waals surface area contributed by atoms with Crippen molar-refractivity contribution < 1.29 is 8.85 Å². The summed E-state index contributed by atoms with van der Waals surface area (Å²) >= 11 is 0. The summed E-state index contributed by atoms with van der Waals surface area (Å²) < 4.78 is 10.8.